The molecule has 0 aromatic heterocycles. The van der Waals surface area contributed by atoms with E-state index < -0.39 is 5.60 Å². The Morgan fingerprint density at radius 2 is 1.83 bits per heavy atom. The van der Waals surface area contributed by atoms with Gasteiger partial charge in [0, 0.05) is 30.6 Å². The molecule has 1 aromatic rings. The van der Waals surface area contributed by atoms with E-state index in [1.165, 1.54) is 0 Å². The summed E-state index contributed by atoms with van der Waals surface area (Å²) in [7, 11) is 0. The molecule has 2 amide bonds. The third kappa shape index (κ3) is 3.71. The van der Waals surface area contributed by atoms with Gasteiger partial charge in [-0.2, -0.15) is 0 Å². The Hall–Kier alpha value is -2.04. The van der Waals surface area contributed by atoms with Crippen LogP contribution in [0.3, 0.4) is 0 Å². The highest BCUT2D eigenvalue weighted by molar-refractivity contribution is 5.94. The number of rotatable bonds is 2. The van der Waals surface area contributed by atoms with E-state index in [9.17, 15) is 9.59 Å². The lowest BCUT2D eigenvalue weighted by atomic mass is 9.98. The number of hydrogen-bond acceptors (Lipinski definition) is 3. The number of carbonyl (C=O) groups is 2. The minimum absolute atomic E-state index is 0.0843. The van der Waals surface area contributed by atoms with Crippen LogP contribution in [0.15, 0.2) is 30.3 Å². The summed E-state index contributed by atoms with van der Waals surface area (Å²) in [5, 5.41) is 3.01. The van der Waals surface area contributed by atoms with Crippen LogP contribution in [0.1, 0.15) is 44.0 Å². The van der Waals surface area contributed by atoms with E-state index in [1.807, 2.05) is 56.0 Å². The molecule has 1 aliphatic carbocycles. The van der Waals surface area contributed by atoms with Gasteiger partial charge in [-0.05, 0) is 51.7 Å². The summed E-state index contributed by atoms with van der Waals surface area (Å²) in [6.07, 6.45) is 1.65. The number of amides is 2. The standard InChI is InChI=1S/C19H26N2O3/c1-19(2,3)24-18(23)20-16-10-9-14-11-21(12-15(14)16)17(22)13-7-5-4-6-8-13/h4-8,14-16H,9-12H2,1-3H3,(H,20,23)/t14-,15+,16+/m0/s1. The van der Waals surface area contributed by atoms with Crippen molar-refractivity contribution < 1.29 is 14.3 Å². The van der Waals surface area contributed by atoms with Crippen LogP contribution in [0, 0.1) is 11.8 Å². The van der Waals surface area contributed by atoms with E-state index in [2.05, 4.69) is 5.32 Å². The molecule has 2 aliphatic rings. The predicted molar refractivity (Wildman–Crippen MR) is 91.7 cm³/mol. The van der Waals surface area contributed by atoms with Crippen molar-refractivity contribution in [3.05, 3.63) is 35.9 Å². The van der Waals surface area contributed by atoms with Crippen LogP contribution < -0.4 is 5.32 Å². The second kappa shape index (κ2) is 6.46. The number of nitrogens with zero attached hydrogens (tertiary/aromatic N) is 1. The highest BCUT2D eigenvalue weighted by atomic mass is 16.6. The number of ether oxygens (including phenoxy) is 1. The van der Waals surface area contributed by atoms with Crippen molar-refractivity contribution in [3.63, 3.8) is 0 Å². The molecular weight excluding hydrogens is 304 g/mol. The minimum atomic E-state index is -0.493. The van der Waals surface area contributed by atoms with Gasteiger partial charge in [-0.1, -0.05) is 18.2 Å². The maximum absolute atomic E-state index is 12.6. The van der Waals surface area contributed by atoms with E-state index in [-0.39, 0.29) is 18.0 Å². The molecule has 0 bridgehead atoms. The second-order valence-electron chi connectivity index (χ2n) is 7.83. The number of hydrogen-bond donors (Lipinski definition) is 1. The number of likely N-dealkylation sites (tertiary alicyclic amines) is 1. The van der Waals surface area contributed by atoms with Crippen molar-refractivity contribution in [1.29, 1.82) is 0 Å². The van der Waals surface area contributed by atoms with E-state index in [0.717, 1.165) is 24.9 Å². The van der Waals surface area contributed by atoms with Crippen molar-refractivity contribution >= 4 is 12.0 Å². The van der Waals surface area contributed by atoms with Crippen LogP contribution in [0.25, 0.3) is 0 Å². The van der Waals surface area contributed by atoms with Gasteiger partial charge in [-0.25, -0.2) is 4.79 Å². The third-order valence-corrected chi connectivity index (χ3v) is 4.87. The fraction of sp³-hybridized carbons (Fsp3) is 0.579. The van der Waals surface area contributed by atoms with Gasteiger partial charge >= 0.3 is 6.09 Å². The average Bonchev–Trinajstić information content (AvgIpc) is 3.07. The van der Waals surface area contributed by atoms with Gasteiger partial charge in [-0.3, -0.25) is 4.79 Å². The lowest BCUT2D eigenvalue weighted by molar-refractivity contribution is 0.0491. The molecule has 1 heterocycles. The molecule has 1 aliphatic heterocycles. The number of alkyl carbamates (subject to hydrolysis) is 1. The van der Waals surface area contributed by atoms with Gasteiger partial charge in [-0.15, -0.1) is 0 Å². The van der Waals surface area contributed by atoms with Gasteiger partial charge in [0.15, 0.2) is 0 Å². The molecule has 1 N–H and O–H groups in total. The molecular formula is C19H26N2O3. The maximum atomic E-state index is 12.6. The first kappa shape index (κ1) is 16.8. The molecule has 0 spiro atoms. The Morgan fingerprint density at radius 1 is 1.12 bits per heavy atom. The van der Waals surface area contributed by atoms with Gasteiger partial charge in [0.2, 0.25) is 0 Å². The monoisotopic (exact) mass is 330 g/mol. The van der Waals surface area contributed by atoms with Gasteiger partial charge in [0.25, 0.3) is 5.91 Å². The molecule has 5 nitrogen and oxygen atoms in total. The number of fused-ring (bicyclic) bond motifs is 1. The first-order valence-corrected chi connectivity index (χ1v) is 8.67. The fourth-order valence-corrected chi connectivity index (χ4v) is 3.83. The van der Waals surface area contributed by atoms with Crippen LogP contribution >= 0.6 is 0 Å². The molecule has 3 atom stereocenters. The molecule has 1 saturated heterocycles. The quantitative estimate of drug-likeness (QED) is 0.906. The van der Waals surface area contributed by atoms with Gasteiger partial charge in [0.05, 0.1) is 0 Å². The zero-order valence-corrected chi connectivity index (χ0v) is 14.6. The van der Waals surface area contributed by atoms with Crippen LogP contribution in [0.2, 0.25) is 0 Å². The van der Waals surface area contributed by atoms with Gasteiger partial charge < -0.3 is 15.0 Å². The summed E-state index contributed by atoms with van der Waals surface area (Å²) in [6, 6.07) is 9.49. The van der Waals surface area contributed by atoms with E-state index in [1.54, 1.807) is 0 Å². The number of benzene rings is 1. The fourth-order valence-electron chi connectivity index (χ4n) is 3.83. The summed E-state index contributed by atoms with van der Waals surface area (Å²) in [4.78, 5) is 26.6. The first-order chi connectivity index (χ1) is 11.3. The Kier molecular flexibility index (Phi) is 4.52. The summed E-state index contributed by atoms with van der Waals surface area (Å²) >= 11 is 0. The topological polar surface area (TPSA) is 58.6 Å². The lowest BCUT2D eigenvalue weighted by Gasteiger charge is -2.25. The van der Waals surface area contributed by atoms with E-state index in [0.29, 0.717) is 18.4 Å². The summed E-state index contributed by atoms with van der Waals surface area (Å²) in [6.45, 7) is 7.07. The van der Waals surface area contributed by atoms with Crippen molar-refractivity contribution in [3.8, 4) is 0 Å². The number of nitrogens with one attached hydrogen (secondary N) is 1. The predicted octanol–water partition coefficient (Wildman–Crippen LogP) is 3.06. The maximum Gasteiger partial charge on any atom is 0.407 e. The highest BCUT2D eigenvalue weighted by Crippen LogP contribution is 2.38. The highest BCUT2D eigenvalue weighted by Gasteiger charge is 2.44. The average molecular weight is 330 g/mol. The molecule has 24 heavy (non-hydrogen) atoms. The normalized spacial score (nSPS) is 26.1. The smallest absolute Gasteiger partial charge is 0.407 e. The van der Waals surface area contributed by atoms with Crippen LogP contribution in [-0.4, -0.2) is 41.6 Å². The molecule has 130 valence electrons. The van der Waals surface area contributed by atoms with Crippen molar-refractivity contribution in [2.45, 2.75) is 45.3 Å². The van der Waals surface area contributed by atoms with Crippen molar-refractivity contribution in [2.75, 3.05) is 13.1 Å². The zero-order valence-electron chi connectivity index (χ0n) is 14.6. The van der Waals surface area contributed by atoms with Crippen LogP contribution in [0.5, 0.6) is 0 Å². The summed E-state index contributed by atoms with van der Waals surface area (Å²) in [5.74, 6) is 0.879. The Labute approximate surface area is 143 Å². The minimum Gasteiger partial charge on any atom is -0.444 e. The van der Waals surface area contributed by atoms with Crippen molar-refractivity contribution in [2.24, 2.45) is 11.8 Å². The van der Waals surface area contributed by atoms with Crippen LogP contribution in [-0.2, 0) is 4.74 Å². The van der Waals surface area contributed by atoms with Gasteiger partial charge in [0.1, 0.15) is 5.60 Å². The molecule has 1 aromatic carbocycles. The molecule has 2 fully saturated rings. The molecule has 0 radical (unpaired) electrons. The molecule has 0 unspecified atom stereocenters. The second-order valence-corrected chi connectivity index (χ2v) is 7.83. The van der Waals surface area contributed by atoms with Crippen LogP contribution in [0.4, 0.5) is 4.79 Å². The third-order valence-electron chi connectivity index (χ3n) is 4.87. The Bertz CT molecular complexity index is 609. The molecule has 1 saturated carbocycles. The van der Waals surface area contributed by atoms with E-state index >= 15 is 0 Å². The Morgan fingerprint density at radius 3 is 2.50 bits per heavy atom. The Balaban J connectivity index is 1.60. The van der Waals surface area contributed by atoms with E-state index in [4.69, 9.17) is 4.74 Å². The first-order valence-electron chi connectivity index (χ1n) is 8.67. The molecule has 5 heteroatoms. The SMILES string of the molecule is CC(C)(C)OC(=O)N[C@@H]1CC[C@H]2CN(C(=O)c3ccccc3)C[C@H]21. The molecule has 3 rings (SSSR count). The summed E-state index contributed by atoms with van der Waals surface area (Å²) < 4.78 is 5.36. The largest absolute Gasteiger partial charge is 0.444 e. The number of carbonyl (C=O) groups excluding carboxylic acids is 2. The summed E-state index contributed by atoms with van der Waals surface area (Å²) in [5.41, 5.74) is 0.238. The zero-order chi connectivity index (χ0) is 17.3. The van der Waals surface area contributed by atoms with Crippen molar-refractivity contribution in [1.82, 2.24) is 10.2 Å². The lowest BCUT2D eigenvalue weighted by Crippen LogP contribution is -2.42.